The molecule has 2 aromatic carbocycles. The number of ether oxygens (including phenoxy) is 2. The van der Waals surface area contributed by atoms with Gasteiger partial charge < -0.3 is 19.4 Å². The maximum absolute atomic E-state index is 13.4. The van der Waals surface area contributed by atoms with Gasteiger partial charge in [-0.05, 0) is 81.6 Å². The van der Waals surface area contributed by atoms with Crippen molar-refractivity contribution < 1.29 is 23.9 Å². The fourth-order valence-electron chi connectivity index (χ4n) is 4.78. The van der Waals surface area contributed by atoms with E-state index in [9.17, 15) is 14.4 Å². The Morgan fingerprint density at radius 1 is 0.971 bits per heavy atom. The number of fused-ring (bicyclic) bond motifs is 1. The second-order valence-corrected chi connectivity index (χ2v) is 9.33. The van der Waals surface area contributed by atoms with Gasteiger partial charge in [0.05, 0.1) is 6.54 Å². The Bertz CT molecular complexity index is 1410. The molecule has 1 fully saturated rings. The van der Waals surface area contributed by atoms with Crippen LogP contribution in [-0.4, -0.2) is 40.5 Å². The van der Waals surface area contributed by atoms with Gasteiger partial charge in [0.25, 0.3) is 5.91 Å². The van der Waals surface area contributed by atoms with Crippen molar-refractivity contribution in [3.05, 3.63) is 76.1 Å². The number of aromatic nitrogens is 1. The number of nitrogens with zero attached hydrogens (tertiary/aromatic N) is 2. The van der Waals surface area contributed by atoms with E-state index in [0.717, 1.165) is 27.5 Å². The summed E-state index contributed by atoms with van der Waals surface area (Å²) in [6.07, 6.45) is 0. The summed E-state index contributed by atoms with van der Waals surface area (Å²) < 4.78 is 12.8. The maximum Gasteiger partial charge on any atom is 0.325 e. The lowest BCUT2D eigenvalue weighted by Crippen LogP contribution is -2.41. The summed E-state index contributed by atoms with van der Waals surface area (Å²) in [5.74, 6) is 0.309. The summed E-state index contributed by atoms with van der Waals surface area (Å²) in [5, 5.41) is 2.75. The van der Waals surface area contributed by atoms with Crippen LogP contribution in [0.1, 0.15) is 45.4 Å². The number of Topliss-reactive ketones (excluding diaryl/α,β-unsaturated/α-hetero) is 1. The minimum Gasteiger partial charge on any atom is -0.454 e. The van der Waals surface area contributed by atoms with Crippen LogP contribution in [0.2, 0.25) is 0 Å². The summed E-state index contributed by atoms with van der Waals surface area (Å²) >= 11 is 0. The molecule has 8 heteroatoms. The third-order valence-electron chi connectivity index (χ3n) is 7.01. The molecule has 0 bridgehead atoms. The van der Waals surface area contributed by atoms with Crippen LogP contribution in [0.5, 0.6) is 11.5 Å². The van der Waals surface area contributed by atoms with E-state index in [2.05, 4.69) is 24.4 Å². The Morgan fingerprint density at radius 3 is 2.46 bits per heavy atom. The zero-order valence-corrected chi connectivity index (χ0v) is 20.4. The van der Waals surface area contributed by atoms with Crippen molar-refractivity contribution in [1.82, 2.24) is 14.8 Å². The van der Waals surface area contributed by atoms with Crippen molar-refractivity contribution in [1.29, 1.82) is 0 Å². The molecule has 8 nitrogen and oxygen atoms in total. The van der Waals surface area contributed by atoms with Crippen LogP contribution < -0.4 is 14.8 Å². The molecule has 3 heterocycles. The van der Waals surface area contributed by atoms with Crippen LogP contribution in [-0.2, 0) is 10.3 Å². The third kappa shape index (κ3) is 3.56. The molecule has 2 aliphatic heterocycles. The first-order valence-corrected chi connectivity index (χ1v) is 11.4. The number of amides is 3. The van der Waals surface area contributed by atoms with Gasteiger partial charge in [0.2, 0.25) is 6.79 Å². The second-order valence-electron chi connectivity index (χ2n) is 9.33. The van der Waals surface area contributed by atoms with Gasteiger partial charge in [-0.3, -0.25) is 14.5 Å². The minimum atomic E-state index is -1.31. The number of hydrogen-bond acceptors (Lipinski definition) is 5. The normalized spacial score (nSPS) is 18.8. The SMILES string of the molecule is Cc1ccc(-n2c(C)cc(C(=O)CN3C(=O)N[C@@](C)(c4ccc5c(c4)OCO5)C3=O)c2C)cc1C. The highest BCUT2D eigenvalue weighted by atomic mass is 16.7. The Morgan fingerprint density at radius 2 is 1.71 bits per heavy atom. The van der Waals surface area contributed by atoms with E-state index in [4.69, 9.17) is 9.47 Å². The zero-order chi connectivity index (χ0) is 25.1. The van der Waals surface area contributed by atoms with Crippen LogP contribution in [0.4, 0.5) is 4.79 Å². The number of carbonyl (C=O) groups is 3. The number of benzene rings is 2. The van der Waals surface area contributed by atoms with Gasteiger partial charge in [-0.15, -0.1) is 0 Å². The summed E-state index contributed by atoms with van der Waals surface area (Å²) in [7, 11) is 0. The first-order valence-electron chi connectivity index (χ1n) is 11.4. The van der Waals surface area contributed by atoms with Gasteiger partial charge in [-0.2, -0.15) is 0 Å². The maximum atomic E-state index is 13.4. The zero-order valence-electron chi connectivity index (χ0n) is 20.4. The van der Waals surface area contributed by atoms with Crippen LogP contribution in [0.3, 0.4) is 0 Å². The standard InChI is InChI=1S/C27H27N3O5/c1-15-6-8-20(10-16(15)2)30-17(3)11-21(18(30)4)22(31)13-29-25(32)27(5,28-26(29)33)19-7-9-23-24(12-19)35-14-34-23/h6-12H,13-14H2,1-5H3,(H,28,33)/t27-/m0/s1. The fourth-order valence-corrected chi connectivity index (χ4v) is 4.78. The van der Waals surface area contributed by atoms with Crippen molar-refractivity contribution in [2.75, 3.05) is 13.3 Å². The van der Waals surface area contributed by atoms with Gasteiger partial charge in [0.1, 0.15) is 5.54 Å². The molecule has 0 radical (unpaired) electrons. The summed E-state index contributed by atoms with van der Waals surface area (Å²) in [6, 6.07) is 12.5. The lowest BCUT2D eigenvalue weighted by Gasteiger charge is -2.22. The first kappa shape index (κ1) is 22.7. The van der Waals surface area contributed by atoms with Gasteiger partial charge in [-0.25, -0.2) is 4.79 Å². The van der Waals surface area contributed by atoms with Gasteiger partial charge >= 0.3 is 6.03 Å². The number of rotatable bonds is 5. The number of imide groups is 1. The quantitative estimate of drug-likeness (QED) is 0.445. The number of nitrogens with one attached hydrogen (secondary N) is 1. The van der Waals surface area contributed by atoms with E-state index in [1.807, 2.05) is 37.5 Å². The Hall–Kier alpha value is -4.07. The van der Waals surface area contributed by atoms with Crippen molar-refractivity contribution in [2.24, 2.45) is 0 Å². The third-order valence-corrected chi connectivity index (χ3v) is 7.01. The van der Waals surface area contributed by atoms with Crippen LogP contribution in [0.25, 0.3) is 5.69 Å². The molecule has 0 aliphatic carbocycles. The fraction of sp³-hybridized carbons (Fsp3) is 0.296. The van der Waals surface area contributed by atoms with Crippen molar-refractivity contribution in [2.45, 2.75) is 40.2 Å². The second kappa shape index (κ2) is 8.01. The number of carbonyl (C=O) groups excluding carboxylic acids is 3. The van der Waals surface area contributed by atoms with E-state index < -0.39 is 17.5 Å². The molecule has 1 atom stereocenters. The molecule has 180 valence electrons. The van der Waals surface area contributed by atoms with Crippen LogP contribution in [0.15, 0.2) is 42.5 Å². The van der Waals surface area contributed by atoms with E-state index in [0.29, 0.717) is 22.6 Å². The highest BCUT2D eigenvalue weighted by molar-refractivity contribution is 6.11. The van der Waals surface area contributed by atoms with E-state index in [-0.39, 0.29) is 19.1 Å². The van der Waals surface area contributed by atoms with Crippen LogP contribution >= 0.6 is 0 Å². The predicted octanol–water partition coefficient (Wildman–Crippen LogP) is 4.09. The largest absolute Gasteiger partial charge is 0.454 e. The van der Waals surface area contributed by atoms with Gasteiger partial charge in [-0.1, -0.05) is 12.1 Å². The summed E-state index contributed by atoms with van der Waals surface area (Å²) in [4.78, 5) is 40.5. The van der Waals surface area contributed by atoms with E-state index in [1.54, 1.807) is 25.1 Å². The lowest BCUT2D eigenvalue weighted by atomic mass is 9.91. The van der Waals surface area contributed by atoms with Crippen molar-refractivity contribution >= 4 is 17.7 Å². The molecule has 35 heavy (non-hydrogen) atoms. The molecule has 2 aliphatic rings. The molecule has 1 saturated heterocycles. The molecule has 0 spiro atoms. The summed E-state index contributed by atoms with van der Waals surface area (Å²) in [6.45, 7) is 9.30. The molecule has 0 unspecified atom stereocenters. The average Bonchev–Trinajstić information content (AvgIpc) is 3.47. The molecule has 3 aromatic rings. The number of hydrogen-bond donors (Lipinski definition) is 1. The van der Waals surface area contributed by atoms with Crippen molar-refractivity contribution in [3.63, 3.8) is 0 Å². The topological polar surface area (TPSA) is 89.9 Å². The first-order chi connectivity index (χ1) is 16.6. The molecule has 5 rings (SSSR count). The minimum absolute atomic E-state index is 0.108. The Labute approximate surface area is 203 Å². The molecule has 1 aromatic heterocycles. The molecular formula is C27H27N3O5. The smallest absolute Gasteiger partial charge is 0.325 e. The summed E-state index contributed by atoms with van der Waals surface area (Å²) in [5.41, 5.74) is 4.71. The molecule has 0 saturated carbocycles. The highest BCUT2D eigenvalue weighted by Crippen LogP contribution is 2.38. The highest BCUT2D eigenvalue weighted by Gasteiger charge is 2.50. The lowest BCUT2D eigenvalue weighted by molar-refractivity contribution is -0.130. The van der Waals surface area contributed by atoms with Gasteiger partial charge in [0, 0.05) is 22.6 Å². The van der Waals surface area contributed by atoms with E-state index in [1.165, 1.54) is 5.56 Å². The Kier molecular flexibility index (Phi) is 5.20. The number of urea groups is 1. The number of ketones is 1. The predicted molar refractivity (Wildman–Crippen MR) is 129 cm³/mol. The van der Waals surface area contributed by atoms with Crippen molar-refractivity contribution in [3.8, 4) is 17.2 Å². The van der Waals surface area contributed by atoms with Gasteiger partial charge in [0.15, 0.2) is 17.3 Å². The molecule has 1 N–H and O–H groups in total. The Balaban J connectivity index is 1.41. The monoisotopic (exact) mass is 473 g/mol. The van der Waals surface area contributed by atoms with Crippen LogP contribution in [0, 0.1) is 27.7 Å². The molecule has 3 amide bonds. The number of aryl methyl sites for hydroxylation is 3. The van der Waals surface area contributed by atoms with E-state index >= 15 is 0 Å². The molecular weight excluding hydrogens is 446 g/mol. The average molecular weight is 474 g/mol.